The molecule has 1 aromatic heterocycles. The average Bonchev–Trinajstić information content (AvgIpc) is 2.63. The molecule has 0 bridgehead atoms. The molecular formula is C20H21N3OS. The number of aryl methyl sites for hydroxylation is 1. The smallest absolute Gasteiger partial charge is 0.225 e. The Morgan fingerprint density at radius 1 is 1.04 bits per heavy atom. The molecule has 0 spiro atoms. The summed E-state index contributed by atoms with van der Waals surface area (Å²) >= 11 is 1.57. The first kappa shape index (κ1) is 17.4. The van der Waals surface area contributed by atoms with Gasteiger partial charge in [-0.1, -0.05) is 61.2 Å². The molecule has 0 aliphatic rings. The number of thioether (sulfide) groups is 1. The Labute approximate surface area is 152 Å². The van der Waals surface area contributed by atoms with Crippen LogP contribution < -0.4 is 5.32 Å². The van der Waals surface area contributed by atoms with Crippen LogP contribution in [-0.4, -0.2) is 21.6 Å². The van der Waals surface area contributed by atoms with E-state index in [2.05, 4.69) is 34.3 Å². The van der Waals surface area contributed by atoms with Gasteiger partial charge in [-0.15, -0.1) is 0 Å². The third-order valence-electron chi connectivity index (χ3n) is 3.83. The van der Waals surface area contributed by atoms with E-state index in [1.807, 2.05) is 42.5 Å². The van der Waals surface area contributed by atoms with Crippen molar-refractivity contribution in [1.82, 2.24) is 9.97 Å². The first-order valence-corrected chi connectivity index (χ1v) is 9.48. The minimum atomic E-state index is -0.00719. The minimum Gasteiger partial charge on any atom is -0.310 e. The molecule has 2 aromatic carbocycles. The Bertz CT molecular complexity index is 852. The largest absolute Gasteiger partial charge is 0.310 e. The lowest BCUT2D eigenvalue weighted by atomic mass is 10.1. The van der Waals surface area contributed by atoms with Gasteiger partial charge in [-0.2, -0.15) is 0 Å². The van der Waals surface area contributed by atoms with E-state index in [4.69, 9.17) is 0 Å². The molecule has 3 rings (SSSR count). The number of hydrogen-bond donors (Lipinski definition) is 1. The van der Waals surface area contributed by atoms with Crippen LogP contribution in [0.3, 0.4) is 0 Å². The number of fused-ring (bicyclic) bond motifs is 1. The van der Waals surface area contributed by atoms with Gasteiger partial charge in [0.1, 0.15) is 5.82 Å². The van der Waals surface area contributed by atoms with Gasteiger partial charge in [-0.3, -0.25) is 4.79 Å². The number of nitrogens with zero attached hydrogens (tertiary/aromatic N) is 2. The van der Waals surface area contributed by atoms with E-state index in [-0.39, 0.29) is 5.91 Å². The molecule has 0 atom stereocenters. The van der Waals surface area contributed by atoms with Crippen LogP contribution in [0.5, 0.6) is 0 Å². The van der Waals surface area contributed by atoms with Crippen molar-refractivity contribution in [3.05, 3.63) is 60.2 Å². The Morgan fingerprint density at radius 2 is 1.80 bits per heavy atom. The summed E-state index contributed by atoms with van der Waals surface area (Å²) in [4.78, 5) is 21.4. The van der Waals surface area contributed by atoms with Gasteiger partial charge in [0.2, 0.25) is 5.91 Å². The monoisotopic (exact) mass is 351 g/mol. The normalized spacial score (nSPS) is 10.8. The zero-order valence-electron chi connectivity index (χ0n) is 14.2. The number of rotatable bonds is 7. The van der Waals surface area contributed by atoms with Gasteiger partial charge in [0.15, 0.2) is 5.16 Å². The van der Waals surface area contributed by atoms with Crippen molar-refractivity contribution < 1.29 is 4.79 Å². The van der Waals surface area contributed by atoms with Crippen molar-refractivity contribution in [2.45, 2.75) is 31.3 Å². The van der Waals surface area contributed by atoms with E-state index in [1.54, 1.807) is 11.8 Å². The summed E-state index contributed by atoms with van der Waals surface area (Å²) in [6.45, 7) is 2.06. The van der Waals surface area contributed by atoms with Gasteiger partial charge in [0, 0.05) is 11.8 Å². The van der Waals surface area contributed by atoms with Crippen LogP contribution in [0, 0.1) is 0 Å². The maximum atomic E-state index is 12.3. The number of carbonyl (C=O) groups is 1. The maximum Gasteiger partial charge on any atom is 0.225 e. The van der Waals surface area contributed by atoms with Crippen LogP contribution in [0.15, 0.2) is 59.8 Å². The maximum absolute atomic E-state index is 12.3. The van der Waals surface area contributed by atoms with Gasteiger partial charge in [-0.25, -0.2) is 9.97 Å². The van der Waals surface area contributed by atoms with Crippen LogP contribution in [0.2, 0.25) is 0 Å². The molecule has 1 N–H and O–H groups in total. The predicted molar refractivity (Wildman–Crippen MR) is 104 cm³/mol. The van der Waals surface area contributed by atoms with E-state index >= 15 is 0 Å². The van der Waals surface area contributed by atoms with Gasteiger partial charge in [-0.05, 0) is 36.3 Å². The lowest BCUT2D eigenvalue weighted by Crippen LogP contribution is -2.13. The summed E-state index contributed by atoms with van der Waals surface area (Å²) < 4.78 is 0. The van der Waals surface area contributed by atoms with Crippen LogP contribution in [0.25, 0.3) is 10.9 Å². The second kappa shape index (κ2) is 8.62. The molecule has 4 nitrogen and oxygen atoms in total. The fourth-order valence-corrected chi connectivity index (χ4v) is 3.21. The van der Waals surface area contributed by atoms with Crippen molar-refractivity contribution in [3.8, 4) is 0 Å². The summed E-state index contributed by atoms with van der Waals surface area (Å²) in [6.07, 6.45) is 2.19. The van der Waals surface area contributed by atoms with Crippen LogP contribution in [0.4, 0.5) is 5.82 Å². The molecule has 0 aliphatic heterocycles. The standard InChI is InChI=1S/C20H21N3OS/c1-2-25-20-21-17-13-7-6-12-16(17)19(23-20)22-18(24)14-8-11-15-9-4-3-5-10-15/h3-7,9-10,12-13H,2,8,11,14H2,1H3,(H,21,22,23,24). The highest BCUT2D eigenvalue weighted by Crippen LogP contribution is 2.24. The first-order chi connectivity index (χ1) is 12.3. The fourth-order valence-electron chi connectivity index (χ4n) is 2.64. The van der Waals surface area contributed by atoms with Gasteiger partial charge < -0.3 is 5.32 Å². The molecule has 0 saturated heterocycles. The van der Waals surface area contributed by atoms with E-state index in [0.717, 1.165) is 29.5 Å². The van der Waals surface area contributed by atoms with Crippen LogP contribution >= 0.6 is 11.8 Å². The third-order valence-corrected chi connectivity index (χ3v) is 4.56. The molecule has 5 heteroatoms. The Hall–Kier alpha value is -2.40. The van der Waals surface area contributed by atoms with E-state index in [0.29, 0.717) is 17.4 Å². The average molecular weight is 351 g/mol. The SMILES string of the molecule is CCSc1nc(NC(=O)CCCc2ccccc2)c2ccccc2n1. The molecule has 0 fully saturated rings. The van der Waals surface area contributed by atoms with Gasteiger partial charge in [0.05, 0.1) is 5.52 Å². The highest BCUT2D eigenvalue weighted by Gasteiger charge is 2.10. The second-order valence-electron chi connectivity index (χ2n) is 5.69. The molecule has 25 heavy (non-hydrogen) atoms. The zero-order chi connectivity index (χ0) is 17.5. The molecule has 0 aliphatic carbocycles. The summed E-state index contributed by atoms with van der Waals surface area (Å²) in [5.74, 6) is 1.49. The number of hydrogen-bond acceptors (Lipinski definition) is 4. The number of anilines is 1. The van der Waals surface area contributed by atoms with E-state index < -0.39 is 0 Å². The van der Waals surface area contributed by atoms with E-state index in [9.17, 15) is 4.79 Å². The van der Waals surface area contributed by atoms with Crippen molar-refractivity contribution in [1.29, 1.82) is 0 Å². The lowest BCUT2D eigenvalue weighted by molar-refractivity contribution is -0.116. The van der Waals surface area contributed by atoms with Crippen LogP contribution in [-0.2, 0) is 11.2 Å². The number of carbonyl (C=O) groups excluding carboxylic acids is 1. The Balaban J connectivity index is 1.67. The molecule has 3 aromatic rings. The number of aromatic nitrogens is 2. The first-order valence-electron chi connectivity index (χ1n) is 8.49. The third kappa shape index (κ3) is 4.79. The molecular weight excluding hydrogens is 330 g/mol. The lowest BCUT2D eigenvalue weighted by Gasteiger charge is -2.09. The summed E-state index contributed by atoms with van der Waals surface area (Å²) in [5.41, 5.74) is 2.11. The number of para-hydroxylation sites is 1. The Kier molecular flexibility index (Phi) is 6.01. The van der Waals surface area contributed by atoms with Crippen molar-refractivity contribution >= 4 is 34.4 Å². The zero-order valence-corrected chi connectivity index (χ0v) is 15.1. The quantitative estimate of drug-likeness (QED) is 0.495. The second-order valence-corrected chi connectivity index (χ2v) is 6.92. The minimum absolute atomic E-state index is 0.00719. The Morgan fingerprint density at radius 3 is 2.60 bits per heavy atom. The van der Waals surface area contributed by atoms with Crippen molar-refractivity contribution in [2.75, 3.05) is 11.1 Å². The molecule has 0 unspecified atom stereocenters. The van der Waals surface area contributed by atoms with Gasteiger partial charge >= 0.3 is 0 Å². The molecule has 1 heterocycles. The molecule has 0 radical (unpaired) electrons. The molecule has 128 valence electrons. The summed E-state index contributed by atoms with van der Waals surface area (Å²) in [7, 11) is 0. The molecule has 1 amide bonds. The van der Waals surface area contributed by atoms with E-state index in [1.165, 1.54) is 5.56 Å². The summed E-state index contributed by atoms with van der Waals surface area (Å²) in [6, 6.07) is 18.0. The van der Waals surface area contributed by atoms with Crippen molar-refractivity contribution in [2.24, 2.45) is 0 Å². The van der Waals surface area contributed by atoms with Crippen molar-refractivity contribution in [3.63, 3.8) is 0 Å². The number of nitrogens with one attached hydrogen (secondary N) is 1. The fraction of sp³-hybridized carbons (Fsp3) is 0.250. The molecule has 0 saturated carbocycles. The van der Waals surface area contributed by atoms with Crippen LogP contribution in [0.1, 0.15) is 25.3 Å². The number of benzene rings is 2. The van der Waals surface area contributed by atoms with Gasteiger partial charge in [0.25, 0.3) is 0 Å². The number of amides is 1. The highest BCUT2D eigenvalue weighted by atomic mass is 32.2. The summed E-state index contributed by atoms with van der Waals surface area (Å²) in [5, 5.41) is 4.54. The predicted octanol–water partition coefficient (Wildman–Crippen LogP) is 4.70. The topological polar surface area (TPSA) is 54.9 Å². The highest BCUT2D eigenvalue weighted by molar-refractivity contribution is 7.99.